The lowest BCUT2D eigenvalue weighted by Gasteiger charge is -2.37. The molecule has 0 aromatic heterocycles. The average molecular weight is 267 g/mol. The number of aliphatic hydroxyl groups excluding tert-OH is 1. The molecule has 0 bridgehead atoms. The van der Waals surface area contributed by atoms with Crippen molar-refractivity contribution in [1.29, 1.82) is 0 Å². The highest BCUT2D eigenvalue weighted by atomic mass is 19.1. The van der Waals surface area contributed by atoms with Crippen LogP contribution in [0, 0.1) is 5.82 Å². The highest BCUT2D eigenvalue weighted by Crippen LogP contribution is 2.25. The number of halogens is 1. The second kappa shape index (κ2) is 6.52. The fourth-order valence-corrected chi connectivity index (χ4v) is 2.10. The predicted octanol–water partition coefficient (Wildman–Crippen LogP) is 1.58. The molecule has 0 heterocycles. The fourth-order valence-electron chi connectivity index (χ4n) is 2.10. The van der Waals surface area contributed by atoms with E-state index in [2.05, 4.69) is 0 Å². The van der Waals surface area contributed by atoms with Crippen LogP contribution in [0.1, 0.15) is 19.3 Å². The topological polar surface area (TPSA) is 49.8 Å². The van der Waals surface area contributed by atoms with E-state index in [0.29, 0.717) is 6.54 Å². The smallest absolute Gasteiger partial charge is 0.260 e. The summed E-state index contributed by atoms with van der Waals surface area (Å²) >= 11 is 0. The number of hydrogen-bond acceptors (Lipinski definition) is 3. The summed E-state index contributed by atoms with van der Waals surface area (Å²) in [6.45, 7) is 0.0451. The maximum atomic E-state index is 13.3. The van der Waals surface area contributed by atoms with Gasteiger partial charge in [0.1, 0.15) is 0 Å². The van der Waals surface area contributed by atoms with Crippen molar-refractivity contribution in [2.24, 2.45) is 0 Å². The Hall–Kier alpha value is -1.62. The SMILES string of the molecule is O=C(COc1ccccc1F)N(CCO)C1CCC1. The van der Waals surface area contributed by atoms with Gasteiger partial charge in [-0.3, -0.25) is 4.79 Å². The summed E-state index contributed by atoms with van der Waals surface area (Å²) in [7, 11) is 0. The quantitative estimate of drug-likeness (QED) is 0.851. The van der Waals surface area contributed by atoms with Gasteiger partial charge in [-0.25, -0.2) is 4.39 Å². The Morgan fingerprint density at radius 1 is 1.42 bits per heavy atom. The third-order valence-electron chi connectivity index (χ3n) is 3.36. The van der Waals surface area contributed by atoms with Gasteiger partial charge in [0, 0.05) is 12.6 Å². The van der Waals surface area contributed by atoms with Gasteiger partial charge in [-0.05, 0) is 31.4 Å². The number of rotatable bonds is 6. The van der Waals surface area contributed by atoms with Crippen LogP contribution >= 0.6 is 0 Å². The Kier molecular flexibility index (Phi) is 4.74. The van der Waals surface area contributed by atoms with Crippen LogP contribution in [-0.2, 0) is 4.79 Å². The standard InChI is InChI=1S/C14H18FNO3/c15-12-6-1-2-7-13(12)19-10-14(18)16(8-9-17)11-4-3-5-11/h1-2,6-7,11,17H,3-5,8-10H2. The van der Waals surface area contributed by atoms with Gasteiger partial charge in [-0.1, -0.05) is 12.1 Å². The Morgan fingerprint density at radius 2 is 2.16 bits per heavy atom. The number of aliphatic hydroxyl groups is 1. The van der Waals surface area contributed by atoms with Gasteiger partial charge >= 0.3 is 0 Å². The Balaban J connectivity index is 1.90. The first-order valence-corrected chi connectivity index (χ1v) is 6.50. The first kappa shape index (κ1) is 13.8. The molecule has 0 unspecified atom stereocenters. The van der Waals surface area contributed by atoms with E-state index >= 15 is 0 Å². The molecule has 1 aromatic carbocycles. The Labute approximate surface area is 111 Å². The summed E-state index contributed by atoms with van der Waals surface area (Å²) in [6, 6.07) is 6.19. The fraction of sp³-hybridized carbons (Fsp3) is 0.500. The number of para-hydroxylation sites is 1. The van der Waals surface area contributed by atoms with E-state index < -0.39 is 5.82 Å². The third kappa shape index (κ3) is 3.44. The molecular formula is C14H18FNO3. The van der Waals surface area contributed by atoms with E-state index in [-0.39, 0.29) is 30.9 Å². The minimum absolute atomic E-state index is 0.0675. The van der Waals surface area contributed by atoms with Gasteiger partial charge in [0.15, 0.2) is 18.2 Å². The highest BCUT2D eigenvalue weighted by Gasteiger charge is 2.28. The van der Waals surface area contributed by atoms with Gasteiger partial charge in [0.05, 0.1) is 6.61 Å². The van der Waals surface area contributed by atoms with Crippen LogP contribution in [0.25, 0.3) is 0 Å². The van der Waals surface area contributed by atoms with Gasteiger partial charge < -0.3 is 14.7 Å². The lowest BCUT2D eigenvalue weighted by atomic mass is 9.91. The molecule has 1 aromatic rings. The summed E-state index contributed by atoms with van der Waals surface area (Å²) in [4.78, 5) is 13.6. The van der Waals surface area contributed by atoms with Crippen LogP contribution in [0.15, 0.2) is 24.3 Å². The molecule has 104 valence electrons. The molecule has 0 spiro atoms. The van der Waals surface area contributed by atoms with Crippen LogP contribution in [-0.4, -0.2) is 41.7 Å². The van der Waals surface area contributed by atoms with Gasteiger partial charge in [0.25, 0.3) is 5.91 Å². The first-order valence-electron chi connectivity index (χ1n) is 6.50. The normalized spacial score (nSPS) is 14.8. The van der Waals surface area contributed by atoms with Crippen LogP contribution < -0.4 is 4.74 Å². The van der Waals surface area contributed by atoms with Crippen LogP contribution in [0.5, 0.6) is 5.75 Å². The second-order valence-corrected chi connectivity index (χ2v) is 4.61. The molecule has 1 amide bonds. The van der Waals surface area contributed by atoms with Crippen molar-refractivity contribution in [3.8, 4) is 5.75 Å². The molecule has 0 atom stereocenters. The molecule has 1 aliphatic rings. The lowest BCUT2D eigenvalue weighted by molar-refractivity contribution is -0.138. The number of amides is 1. The molecule has 1 aliphatic carbocycles. The zero-order valence-corrected chi connectivity index (χ0v) is 10.7. The van der Waals surface area contributed by atoms with E-state index in [1.165, 1.54) is 12.1 Å². The molecule has 0 radical (unpaired) electrons. The number of ether oxygens (including phenoxy) is 1. The van der Waals surface area contributed by atoms with Gasteiger partial charge in [-0.2, -0.15) is 0 Å². The van der Waals surface area contributed by atoms with E-state index in [0.717, 1.165) is 19.3 Å². The van der Waals surface area contributed by atoms with Crippen molar-refractivity contribution in [3.63, 3.8) is 0 Å². The van der Waals surface area contributed by atoms with Crippen molar-refractivity contribution in [2.45, 2.75) is 25.3 Å². The number of hydrogen-bond donors (Lipinski definition) is 1. The average Bonchev–Trinajstić information content (AvgIpc) is 2.35. The maximum absolute atomic E-state index is 13.3. The highest BCUT2D eigenvalue weighted by molar-refractivity contribution is 5.78. The molecule has 0 aliphatic heterocycles. The number of carbonyl (C=O) groups is 1. The molecule has 1 fully saturated rings. The number of carbonyl (C=O) groups excluding carboxylic acids is 1. The Bertz CT molecular complexity index is 434. The molecule has 1 N–H and O–H groups in total. The van der Waals surface area contributed by atoms with E-state index in [9.17, 15) is 9.18 Å². The zero-order chi connectivity index (χ0) is 13.7. The molecule has 2 rings (SSSR count). The van der Waals surface area contributed by atoms with E-state index in [1.54, 1.807) is 17.0 Å². The van der Waals surface area contributed by atoms with Crippen molar-refractivity contribution in [2.75, 3.05) is 19.8 Å². The predicted molar refractivity (Wildman–Crippen MR) is 68.3 cm³/mol. The van der Waals surface area contributed by atoms with Gasteiger partial charge in [-0.15, -0.1) is 0 Å². The van der Waals surface area contributed by atoms with Crippen molar-refractivity contribution in [3.05, 3.63) is 30.1 Å². The minimum atomic E-state index is -0.479. The third-order valence-corrected chi connectivity index (χ3v) is 3.36. The summed E-state index contributed by atoms with van der Waals surface area (Å²) in [6.07, 6.45) is 3.03. The molecule has 19 heavy (non-hydrogen) atoms. The van der Waals surface area contributed by atoms with Crippen molar-refractivity contribution < 1.29 is 19.0 Å². The summed E-state index contributed by atoms with van der Waals surface area (Å²) in [5.74, 6) is -0.608. The molecule has 0 saturated heterocycles. The van der Waals surface area contributed by atoms with Crippen molar-refractivity contribution >= 4 is 5.91 Å². The van der Waals surface area contributed by atoms with Crippen LogP contribution in [0.2, 0.25) is 0 Å². The second-order valence-electron chi connectivity index (χ2n) is 4.61. The van der Waals surface area contributed by atoms with Gasteiger partial charge in [0.2, 0.25) is 0 Å². The number of benzene rings is 1. The molecule has 4 nitrogen and oxygen atoms in total. The van der Waals surface area contributed by atoms with Crippen molar-refractivity contribution in [1.82, 2.24) is 4.90 Å². The molecule has 5 heteroatoms. The monoisotopic (exact) mass is 267 g/mol. The Morgan fingerprint density at radius 3 is 2.74 bits per heavy atom. The summed E-state index contributed by atoms with van der Waals surface area (Å²) in [5, 5.41) is 8.99. The molecular weight excluding hydrogens is 249 g/mol. The maximum Gasteiger partial charge on any atom is 0.260 e. The largest absolute Gasteiger partial charge is 0.481 e. The minimum Gasteiger partial charge on any atom is -0.481 e. The zero-order valence-electron chi connectivity index (χ0n) is 10.7. The lowest BCUT2D eigenvalue weighted by Crippen LogP contribution is -2.47. The summed E-state index contributed by atoms with van der Waals surface area (Å²) in [5.41, 5.74) is 0. The summed E-state index contributed by atoms with van der Waals surface area (Å²) < 4.78 is 18.5. The van der Waals surface area contributed by atoms with E-state index in [4.69, 9.17) is 9.84 Å². The van der Waals surface area contributed by atoms with Crippen LogP contribution in [0.3, 0.4) is 0 Å². The first-order chi connectivity index (χ1) is 9.22. The van der Waals surface area contributed by atoms with Crippen LogP contribution in [0.4, 0.5) is 4.39 Å². The number of nitrogens with zero attached hydrogens (tertiary/aromatic N) is 1. The van der Waals surface area contributed by atoms with E-state index in [1.807, 2.05) is 0 Å². The molecule has 1 saturated carbocycles.